The van der Waals surface area contributed by atoms with Crippen LogP contribution in [0.4, 0.5) is 0 Å². The van der Waals surface area contributed by atoms with Crippen LogP contribution in [0.5, 0.6) is 0 Å². The lowest BCUT2D eigenvalue weighted by Crippen LogP contribution is -2.39. The topological polar surface area (TPSA) is 68.2 Å². The number of aliphatic imine (C=N–C) groups is 1. The third kappa shape index (κ3) is 4.42. The van der Waals surface area contributed by atoms with Gasteiger partial charge in [0.05, 0.1) is 11.6 Å². The van der Waals surface area contributed by atoms with Crippen LogP contribution in [0.2, 0.25) is 5.02 Å². The monoisotopic (exact) mass is 283 g/mol. The van der Waals surface area contributed by atoms with Crippen molar-refractivity contribution in [3.63, 3.8) is 0 Å². The maximum absolute atomic E-state index is 6.03. The van der Waals surface area contributed by atoms with Gasteiger partial charge in [0.2, 0.25) is 0 Å². The number of hydrogen-bond donors (Lipinski definition) is 2. The molecule has 19 heavy (non-hydrogen) atoms. The summed E-state index contributed by atoms with van der Waals surface area (Å²) in [6.07, 6.45) is 9.34. The minimum absolute atomic E-state index is 0.422. The second kappa shape index (κ2) is 6.80. The van der Waals surface area contributed by atoms with E-state index >= 15 is 0 Å². The van der Waals surface area contributed by atoms with Crippen molar-refractivity contribution in [1.29, 1.82) is 0 Å². The normalized spacial score (nSPS) is 18.3. The fourth-order valence-corrected chi connectivity index (χ4v) is 2.69. The Labute approximate surface area is 119 Å². The number of aryl methyl sites for hydroxylation is 1. The third-order valence-electron chi connectivity index (χ3n) is 3.46. The number of hydrogen-bond acceptors (Lipinski definition) is 2. The average molecular weight is 284 g/mol. The molecule has 1 saturated carbocycles. The minimum Gasteiger partial charge on any atom is -0.370 e. The average Bonchev–Trinajstić information content (AvgIpc) is 2.56. The van der Waals surface area contributed by atoms with Gasteiger partial charge in [0.15, 0.2) is 5.96 Å². The molecular weight excluding hydrogens is 262 g/mol. The summed E-state index contributed by atoms with van der Waals surface area (Å²) >= 11 is 6.03. The Morgan fingerprint density at radius 3 is 2.74 bits per heavy atom. The van der Waals surface area contributed by atoms with Gasteiger partial charge in [-0.3, -0.25) is 4.68 Å². The Morgan fingerprint density at radius 2 is 2.16 bits per heavy atom. The van der Waals surface area contributed by atoms with E-state index < -0.39 is 0 Å². The van der Waals surface area contributed by atoms with Crippen molar-refractivity contribution >= 4 is 17.6 Å². The molecule has 1 aliphatic rings. The van der Waals surface area contributed by atoms with Crippen LogP contribution in [-0.2, 0) is 13.6 Å². The highest BCUT2D eigenvalue weighted by Crippen LogP contribution is 2.17. The molecule has 3 N–H and O–H groups in total. The highest BCUT2D eigenvalue weighted by atomic mass is 35.5. The first-order valence-corrected chi connectivity index (χ1v) is 7.27. The highest BCUT2D eigenvalue weighted by Gasteiger charge is 2.12. The van der Waals surface area contributed by atoms with Crippen LogP contribution >= 0.6 is 11.6 Å². The van der Waals surface area contributed by atoms with E-state index in [9.17, 15) is 0 Å². The van der Waals surface area contributed by atoms with Crippen LogP contribution in [0.3, 0.4) is 0 Å². The number of nitrogens with two attached hydrogens (primary N) is 1. The van der Waals surface area contributed by atoms with Crippen molar-refractivity contribution in [2.45, 2.75) is 51.1 Å². The van der Waals surface area contributed by atoms with Crippen molar-refractivity contribution in [2.75, 3.05) is 0 Å². The molecule has 1 aromatic heterocycles. The smallest absolute Gasteiger partial charge is 0.189 e. The van der Waals surface area contributed by atoms with Crippen LogP contribution in [-0.4, -0.2) is 21.8 Å². The van der Waals surface area contributed by atoms with Gasteiger partial charge in [-0.25, -0.2) is 4.99 Å². The summed E-state index contributed by atoms with van der Waals surface area (Å²) < 4.78 is 1.68. The Kier molecular flexibility index (Phi) is 5.07. The molecule has 0 aliphatic heterocycles. The van der Waals surface area contributed by atoms with Gasteiger partial charge >= 0.3 is 0 Å². The zero-order chi connectivity index (χ0) is 13.7. The SMILES string of the molecule is Cn1cc(Cl)c(CN=C(N)NC2CCCCCC2)n1. The van der Waals surface area contributed by atoms with Crippen LogP contribution in [0.1, 0.15) is 44.2 Å². The minimum atomic E-state index is 0.422. The maximum atomic E-state index is 6.03. The van der Waals surface area contributed by atoms with E-state index in [2.05, 4.69) is 15.4 Å². The lowest BCUT2D eigenvalue weighted by molar-refractivity contribution is 0.530. The first-order valence-electron chi connectivity index (χ1n) is 6.89. The largest absolute Gasteiger partial charge is 0.370 e. The molecular formula is C13H22ClN5. The summed E-state index contributed by atoms with van der Waals surface area (Å²) in [7, 11) is 1.84. The van der Waals surface area contributed by atoms with Crippen molar-refractivity contribution in [1.82, 2.24) is 15.1 Å². The summed E-state index contributed by atoms with van der Waals surface area (Å²) in [6, 6.07) is 0.463. The molecule has 5 nitrogen and oxygen atoms in total. The molecule has 0 spiro atoms. The van der Waals surface area contributed by atoms with Crippen molar-refractivity contribution < 1.29 is 0 Å². The summed E-state index contributed by atoms with van der Waals surface area (Å²) in [4.78, 5) is 4.32. The van der Waals surface area contributed by atoms with E-state index in [4.69, 9.17) is 17.3 Å². The van der Waals surface area contributed by atoms with Gasteiger partial charge in [-0.05, 0) is 12.8 Å². The molecule has 0 atom stereocenters. The second-order valence-corrected chi connectivity index (χ2v) is 5.54. The van der Waals surface area contributed by atoms with Gasteiger partial charge in [0.25, 0.3) is 0 Å². The molecule has 0 amide bonds. The molecule has 0 bridgehead atoms. The van der Waals surface area contributed by atoms with E-state index in [1.165, 1.54) is 38.5 Å². The van der Waals surface area contributed by atoms with Gasteiger partial charge in [0, 0.05) is 19.3 Å². The first-order chi connectivity index (χ1) is 9.15. The van der Waals surface area contributed by atoms with Gasteiger partial charge < -0.3 is 11.1 Å². The summed E-state index contributed by atoms with van der Waals surface area (Å²) in [5.41, 5.74) is 6.68. The number of rotatable bonds is 3. The van der Waals surface area contributed by atoms with Gasteiger partial charge in [-0.2, -0.15) is 5.10 Å². The van der Waals surface area contributed by atoms with E-state index in [0.717, 1.165) is 5.69 Å². The number of guanidine groups is 1. The predicted molar refractivity (Wildman–Crippen MR) is 78.2 cm³/mol. The van der Waals surface area contributed by atoms with Crippen LogP contribution in [0, 0.1) is 0 Å². The van der Waals surface area contributed by atoms with E-state index in [1.54, 1.807) is 10.9 Å². The fourth-order valence-electron chi connectivity index (χ4n) is 2.45. The number of nitrogens with one attached hydrogen (secondary N) is 1. The zero-order valence-electron chi connectivity index (χ0n) is 11.4. The molecule has 1 aromatic rings. The predicted octanol–water partition coefficient (Wildman–Crippen LogP) is 2.20. The quantitative estimate of drug-likeness (QED) is 0.508. The Balaban J connectivity index is 1.86. The number of nitrogens with zero attached hydrogens (tertiary/aromatic N) is 3. The molecule has 2 rings (SSSR count). The highest BCUT2D eigenvalue weighted by molar-refractivity contribution is 6.31. The van der Waals surface area contributed by atoms with Gasteiger partial charge in [-0.15, -0.1) is 0 Å². The molecule has 0 radical (unpaired) electrons. The van der Waals surface area contributed by atoms with Crippen molar-refractivity contribution in [2.24, 2.45) is 17.8 Å². The Bertz CT molecular complexity index is 432. The molecule has 0 aromatic carbocycles. The molecule has 0 saturated heterocycles. The number of halogens is 1. The maximum Gasteiger partial charge on any atom is 0.189 e. The molecule has 1 aliphatic carbocycles. The molecule has 106 valence electrons. The Hall–Kier alpha value is -1.23. The van der Waals surface area contributed by atoms with Gasteiger partial charge in [-0.1, -0.05) is 37.3 Å². The molecule has 6 heteroatoms. The third-order valence-corrected chi connectivity index (χ3v) is 3.78. The molecule has 0 unspecified atom stereocenters. The van der Waals surface area contributed by atoms with Crippen LogP contribution in [0.25, 0.3) is 0 Å². The van der Waals surface area contributed by atoms with Crippen molar-refractivity contribution in [3.8, 4) is 0 Å². The van der Waals surface area contributed by atoms with Gasteiger partial charge in [0.1, 0.15) is 5.69 Å². The van der Waals surface area contributed by atoms with E-state index in [0.29, 0.717) is 23.6 Å². The van der Waals surface area contributed by atoms with Crippen LogP contribution < -0.4 is 11.1 Å². The van der Waals surface area contributed by atoms with E-state index in [-0.39, 0.29) is 0 Å². The summed E-state index contributed by atoms with van der Waals surface area (Å²) in [5.74, 6) is 0.494. The second-order valence-electron chi connectivity index (χ2n) is 5.13. The fraction of sp³-hybridized carbons (Fsp3) is 0.692. The lowest BCUT2D eigenvalue weighted by atomic mass is 10.1. The standard InChI is InChI=1S/C13H22ClN5/c1-19-9-11(14)12(18-19)8-16-13(15)17-10-6-4-2-3-5-7-10/h9-10H,2-8H2,1H3,(H3,15,16,17). The summed E-state index contributed by atoms with van der Waals surface area (Å²) in [5, 5.41) is 8.18. The first kappa shape index (κ1) is 14.2. The zero-order valence-corrected chi connectivity index (χ0v) is 12.2. The van der Waals surface area contributed by atoms with E-state index in [1.807, 2.05) is 7.05 Å². The van der Waals surface area contributed by atoms with Crippen molar-refractivity contribution in [3.05, 3.63) is 16.9 Å². The molecule has 1 fully saturated rings. The van der Waals surface area contributed by atoms with Crippen LogP contribution in [0.15, 0.2) is 11.2 Å². The Morgan fingerprint density at radius 1 is 1.47 bits per heavy atom. The summed E-state index contributed by atoms with van der Waals surface area (Å²) in [6.45, 7) is 0.422. The number of aromatic nitrogens is 2. The lowest BCUT2D eigenvalue weighted by Gasteiger charge is -2.16. The molecule has 1 heterocycles.